The van der Waals surface area contributed by atoms with Gasteiger partial charge >= 0.3 is 0 Å². The van der Waals surface area contributed by atoms with Gasteiger partial charge in [0.05, 0.1) is 0 Å². The molecule has 4 heteroatoms. The largest absolute Gasteiger partial charge is 0.367 e. The molecule has 20 heavy (non-hydrogen) atoms. The van der Waals surface area contributed by atoms with Gasteiger partial charge in [0.1, 0.15) is 0 Å². The minimum Gasteiger partial charge on any atom is -0.367 e. The van der Waals surface area contributed by atoms with Gasteiger partial charge in [-0.2, -0.15) is 0 Å². The number of methoxy groups -OCH3 is 1. The van der Waals surface area contributed by atoms with Gasteiger partial charge in [-0.3, -0.25) is 4.79 Å². The lowest BCUT2D eigenvalue weighted by Crippen LogP contribution is -2.39. The van der Waals surface area contributed by atoms with Crippen LogP contribution in [0.25, 0.3) is 0 Å². The monoisotopic (exact) mass is 278 g/mol. The Kier molecular flexibility index (Phi) is 7.26. The molecule has 1 N–H and O–H groups in total. The van der Waals surface area contributed by atoms with Gasteiger partial charge in [0.15, 0.2) is 6.10 Å². The fourth-order valence-electron chi connectivity index (χ4n) is 2.00. The molecule has 112 valence electrons. The Morgan fingerprint density at radius 2 is 2.00 bits per heavy atom. The number of ether oxygens (including phenoxy) is 1. The van der Waals surface area contributed by atoms with Gasteiger partial charge in [-0.25, -0.2) is 0 Å². The number of hydrogen-bond donors (Lipinski definition) is 1. The summed E-state index contributed by atoms with van der Waals surface area (Å²) >= 11 is 0. The summed E-state index contributed by atoms with van der Waals surface area (Å²) in [6, 6.07) is 10.1. The lowest BCUT2D eigenvalue weighted by atomic mass is 10.1. The molecule has 0 aromatic heterocycles. The van der Waals surface area contributed by atoms with Crippen LogP contribution in [0, 0.1) is 0 Å². The van der Waals surface area contributed by atoms with E-state index in [0.717, 1.165) is 18.5 Å². The van der Waals surface area contributed by atoms with E-state index in [1.807, 2.05) is 30.3 Å². The number of carbonyl (C=O) groups is 1. The standard InChI is InChI=1S/C16H26N2O2/c1-5-13(2)18(3)12-11-17-16(19)15(20-4)14-9-7-6-8-10-14/h6-10,13,15H,5,11-12H2,1-4H3,(H,17,19). The van der Waals surface area contributed by atoms with E-state index in [1.165, 1.54) is 0 Å². The van der Waals surface area contributed by atoms with Crippen molar-refractivity contribution in [2.75, 3.05) is 27.2 Å². The number of carbonyl (C=O) groups excluding carboxylic acids is 1. The van der Waals surface area contributed by atoms with Crippen LogP contribution in [0.5, 0.6) is 0 Å². The van der Waals surface area contributed by atoms with Crippen molar-refractivity contribution in [3.05, 3.63) is 35.9 Å². The van der Waals surface area contributed by atoms with E-state index in [1.54, 1.807) is 7.11 Å². The predicted molar refractivity (Wildman–Crippen MR) is 81.6 cm³/mol. The molecule has 2 atom stereocenters. The maximum atomic E-state index is 12.1. The molecule has 0 heterocycles. The van der Waals surface area contributed by atoms with E-state index >= 15 is 0 Å². The number of benzene rings is 1. The van der Waals surface area contributed by atoms with Crippen LogP contribution in [0.1, 0.15) is 31.9 Å². The first-order chi connectivity index (χ1) is 9.60. The Balaban J connectivity index is 2.45. The van der Waals surface area contributed by atoms with Crippen molar-refractivity contribution < 1.29 is 9.53 Å². The first kappa shape index (κ1) is 16.7. The Hall–Kier alpha value is -1.39. The van der Waals surface area contributed by atoms with Crippen molar-refractivity contribution in [2.45, 2.75) is 32.4 Å². The maximum Gasteiger partial charge on any atom is 0.253 e. The van der Waals surface area contributed by atoms with Crippen LogP contribution >= 0.6 is 0 Å². The fraction of sp³-hybridized carbons (Fsp3) is 0.562. The average Bonchev–Trinajstić information content (AvgIpc) is 2.48. The van der Waals surface area contributed by atoms with Crippen molar-refractivity contribution in [3.63, 3.8) is 0 Å². The zero-order chi connectivity index (χ0) is 15.0. The number of likely N-dealkylation sites (N-methyl/N-ethyl adjacent to an activating group) is 1. The Morgan fingerprint density at radius 1 is 1.35 bits per heavy atom. The fourth-order valence-corrected chi connectivity index (χ4v) is 2.00. The molecule has 4 nitrogen and oxygen atoms in total. The van der Waals surface area contributed by atoms with Crippen LogP contribution in [-0.2, 0) is 9.53 Å². The molecule has 0 aliphatic carbocycles. The lowest BCUT2D eigenvalue weighted by Gasteiger charge is -2.24. The highest BCUT2D eigenvalue weighted by Crippen LogP contribution is 2.15. The highest BCUT2D eigenvalue weighted by Gasteiger charge is 2.19. The van der Waals surface area contributed by atoms with Crippen LogP contribution in [0.4, 0.5) is 0 Å². The van der Waals surface area contributed by atoms with Crippen molar-refractivity contribution in [1.29, 1.82) is 0 Å². The van der Waals surface area contributed by atoms with Crippen molar-refractivity contribution in [2.24, 2.45) is 0 Å². The number of nitrogens with zero attached hydrogens (tertiary/aromatic N) is 1. The molecular formula is C16H26N2O2. The maximum absolute atomic E-state index is 12.1. The number of rotatable bonds is 8. The molecule has 0 aliphatic heterocycles. The van der Waals surface area contributed by atoms with Gasteiger partial charge in [0.25, 0.3) is 5.91 Å². The molecule has 0 fully saturated rings. The molecule has 0 bridgehead atoms. The smallest absolute Gasteiger partial charge is 0.253 e. The normalized spacial score (nSPS) is 14.1. The van der Waals surface area contributed by atoms with Crippen LogP contribution in [0.3, 0.4) is 0 Å². The van der Waals surface area contributed by atoms with Crippen LogP contribution < -0.4 is 5.32 Å². The number of hydrogen-bond acceptors (Lipinski definition) is 3. The van der Waals surface area contributed by atoms with Crippen LogP contribution in [-0.4, -0.2) is 44.1 Å². The first-order valence-corrected chi connectivity index (χ1v) is 7.15. The van der Waals surface area contributed by atoms with E-state index in [-0.39, 0.29) is 5.91 Å². The Morgan fingerprint density at radius 3 is 2.55 bits per heavy atom. The summed E-state index contributed by atoms with van der Waals surface area (Å²) in [5.41, 5.74) is 0.878. The topological polar surface area (TPSA) is 41.6 Å². The molecule has 1 rings (SSSR count). The molecular weight excluding hydrogens is 252 g/mol. The Bertz CT molecular complexity index is 395. The molecule has 1 aromatic rings. The third-order valence-corrected chi connectivity index (χ3v) is 3.68. The minimum atomic E-state index is -0.537. The van der Waals surface area contributed by atoms with Gasteiger partial charge in [0, 0.05) is 26.2 Å². The van der Waals surface area contributed by atoms with E-state index in [4.69, 9.17) is 4.74 Å². The molecule has 2 unspecified atom stereocenters. The van der Waals surface area contributed by atoms with Crippen molar-refractivity contribution in [1.82, 2.24) is 10.2 Å². The van der Waals surface area contributed by atoms with Gasteiger partial charge < -0.3 is 15.0 Å². The van der Waals surface area contributed by atoms with E-state index in [0.29, 0.717) is 12.6 Å². The molecule has 1 aromatic carbocycles. The second kappa shape index (κ2) is 8.72. The summed E-state index contributed by atoms with van der Waals surface area (Å²) < 4.78 is 5.30. The van der Waals surface area contributed by atoms with Gasteiger partial charge in [-0.15, -0.1) is 0 Å². The molecule has 0 aliphatic rings. The third-order valence-electron chi connectivity index (χ3n) is 3.68. The Labute approximate surface area is 122 Å². The second-order valence-corrected chi connectivity index (χ2v) is 5.06. The zero-order valence-electron chi connectivity index (χ0n) is 12.9. The molecule has 0 saturated heterocycles. The van der Waals surface area contributed by atoms with Gasteiger partial charge in [-0.05, 0) is 26.0 Å². The molecule has 0 spiro atoms. The third kappa shape index (κ3) is 4.94. The van der Waals surface area contributed by atoms with Crippen LogP contribution in [0.2, 0.25) is 0 Å². The summed E-state index contributed by atoms with van der Waals surface area (Å²) in [7, 11) is 3.63. The second-order valence-electron chi connectivity index (χ2n) is 5.06. The minimum absolute atomic E-state index is 0.0868. The molecule has 0 radical (unpaired) electrons. The SMILES string of the molecule is CCC(C)N(C)CCNC(=O)C(OC)c1ccccc1. The summed E-state index contributed by atoms with van der Waals surface area (Å²) in [4.78, 5) is 14.4. The highest BCUT2D eigenvalue weighted by atomic mass is 16.5. The summed E-state index contributed by atoms with van der Waals surface area (Å²) in [5.74, 6) is -0.0868. The van der Waals surface area contributed by atoms with Crippen molar-refractivity contribution in [3.8, 4) is 0 Å². The van der Waals surface area contributed by atoms with Crippen LogP contribution in [0.15, 0.2) is 30.3 Å². The predicted octanol–water partition coefficient (Wildman–Crippen LogP) is 2.22. The van der Waals surface area contributed by atoms with E-state index < -0.39 is 6.10 Å². The highest BCUT2D eigenvalue weighted by molar-refractivity contribution is 5.82. The van der Waals surface area contributed by atoms with Crippen molar-refractivity contribution >= 4 is 5.91 Å². The first-order valence-electron chi connectivity index (χ1n) is 7.15. The van der Waals surface area contributed by atoms with Gasteiger partial charge in [0.2, 0.25) is 0 Å². The number of nitrogens with one attached hydrogen (secondary N) is 1. The van der Waals surface area contributed by atoms with E-state index in [9.17, 15) is 4.79 Å². The van der Waals surface area contributed by atoms with Gasteiger partial charge in [-0.1, -0.05) is 37.3 Å². The summed E-state index contributed by atoms with van der Waals surface area (Å²) in [5, 5.41) is 2.94. The average molecular weight is 278 g/mol. The quantitative estimate of drug-likeness (QED) is 0.793. The number of amides is 1. The summed E-state index contributed by atoms with van der Waals surface area (Å²) in [6.07, 6.45) is 0.569. The zero-order valence-corrected chi connectivity index (χ0v) is 12.9. The molecule has 0 saturated carbocycles. The lowest BCUT2D eigenvalue weighted by molar-refractivity contribution is -0.131. The summed E-state index contributed by atoms with van der Waals surface area (Å²) in [6.45, 7) is 5.82. The molecule has 1 amide bonds. The van der Waals surface area contributed by atoms with E-state index in [2.05, 4.69) is 31.1 Å².